The van der Waals surface area contributed by atoms with Crippen molar-refractivity contribution in [3.8, 4) is 0 Å². The highest BCUT2D eigenvalue weighted by molar-refractivity contribution is 7.89. The summed E-state index contributed by atoms with van der Waals surface area (Å²) in [6, 6.07) is 8.92. The maximum atomic E-state index is 12.1. The van der Waals surface area contributed by atoms with E-state index in [2.05, 4.69) is 0 Å². The van der Waals surface area contributed by atoms with E-state index in [-0.39, 0.29) is 12.4 Å². The lowest BCUT2D eigenvalue weighted by molar-refractivity contribution is -0.145. The Labute approximate surface area is 135 Å². The van der Waals surface area contributed by atoms with Gasteiger partial charge in [-0.15, -0.1) is 0 Å². The third-order valence-electron chi connectivity index (χ3n) is 3.01. The zero-order valence-electron chi connectivity index (χ0n) is 13.0. The van der Waals surface area contributed by atoms with Crippen molar-refractivity contribution in [2.24, 2.45) is 0 Å². The van der Waals surface area contributed by atoms with Crippen LogP contribution in [0.25, 0.3) is 0 Å². The van der Waals surface area contributed by atoms with Crippen LogP contribution >= 0.6 is 0 Å². The van der Waals surface area contributed by atoms with E-state index in [1.807, 2.05) is 13.0 Å². The van der Waals surface area contributed by atoms with Crippen LogP contribution in [0, 0.1) is 0 Å². The Hall–Kier alpha value is -1.93. The van der Waals surface area contributed by atoms with Crippen molar-refractivity contribution < 1.29 is 27.9 Å². The minimum absolute atomic E-state index is 0.00952. The van der Waals surface area contributed by atoms with Gasteiger partial charge in [0.1, 0.15) is 19.7 Å². The van der Waals surface area contributed by atoms with Crippen LogP contribution in [-0.2, 0) is 31.0 Å². The van der Waals surface area contributed by atoms with Crippen molar-refractivity contribution in [2.75, 3.05) is 18.8 Å². The molecule has 0 atom stereocenters. The van der Waals surface area contributed by atoms with Crippen molar-refractivity contribution in [3.63, 3.8) is 0 Å². The highest BCUT2D eigenvalue weighted by Crippen LogP contribution is 2.07. The predicted molar refractivity (Wildman–Crippen MR) is 84.1 cm³/mol. The minimum atomic E-state index is -3.81. The van der Waals surface area contributed by atoms with Gasteiger partial charge >= 0.3 is 11.9 Å². The molecule has 0 amide bonds. The summed E-state index contributed by atoms with van der Waals surface area (Å²) in [5, 5.41) is 8.84. The summed E-state index contributed by atoms with van der Waals surface area (Å²) in [5.41, 5.74) is 0.763. The van der Waals surface area contributed by atoms with E-state index >= 15 is 0 Å². The molecule has 0 aliphatic rings. The first kappa shape index (κ1) is 19.1. The number of sulfonamides is 1. The second kappa shape index (κ2) is 9.26. The van der Waals surface area contributed by atoms with Gasteiger partial charge in [-0.1, -0.05) is 43.7 Å². The van der Waals surface area contributed by atoms with E-state index in [1.165, 1.54) is 0 Å². The number of carboxylic acid groups (broad SMARTS) is 1. The summed E-state index contributed by atoms with van der Waals surface area (Å²) in [4.78, 5) is 22.6. The Kier molecular flexibility index (Phi) is 7.70. The number of nitrogens with zero attached hydrogens (tertiary/aromatic N) is 1. The number of esters is 1. The van der Waals surface area contributed by atoms with Crippen LogP contribution in [0.5, 0.6) is 0 Å². The molecule has 0 saturated heterocycles. The third kappa shape index (κ3) is 7.25. The molecule has 1 aromatic rings. The number of benzene rings is 1. The minimum Gasteiger partial charge on any atom is -0.480 e. The van der Waals surface area contributed by atoms with Crippen molar-refractivity contribution in [1.82, 2.24) is 4.31 Å². The number of carbonyl (C=O) groups excluding carboxylic acids is 1. The van der Waals surface area contributed by atoms with Crippen LogP contribution in [0.4, 0.5) is 0 Å². The normalized spacial score (nSPS) is 11.4. The Morgan fingerprint density at radius 3 is 2.39 bits per heavy atom. The number of hydrogen-bond donors (Lipinski definition) is 1. The zero-order valence-corrected chi connectivity index (χ0v) is 13.8. The molecule has 128 valence electrons. The molecule has 0 fully saturated rings. The monoisotopic (exact) mass is 343 g/mol. The van der Waals surface area contributed by atoms with Gasteiger partial charge in [-0.25, -0.2) is 8.42 Å². The van der Waals surface area contributed by atoms with Crippen LogP contribution in [0.15, 0.2) is 30.3 Å². The lowest BCUT2D eigenvalue weighted by atomic mass is 10.2. The molecule has 0 aliphatic carbocycles. The Morgan fingerprint density at radius 1 is 1.17 bits per heavy atom. The van der Waals surface area contributed by atoms with E-state index < -0.39 is 35.1 Å². The molecular weight excluding hydrogens is 322 g/mol. The molecular formula is C15H21NO6S. The number of unbranched alkanes of at least 4 members (excludes halogenated alkanes) is 1. The van der Waals surface area contributed by atoms with Crippen molar-refractivity contribution in [2.45, 2.75) is 26.4 Å². The molecule has 0 spiro atoms. The van der Waals surface area contributed by atoms with E-state index in [9.17, 15) is 18.0 Å². The van der Waals surface area contributed by atoms with E-state index in [0.29, 0.717) is 17.1 Å². The number of ether oxygens (including phenoxy) is 1. The largest absolute Gasteiger partial charge is 0.480 e. The van der Waals surface area contributed by atoms with E-state index in [1.54, 1.807) is 24.3 Å². The zero-order chi connectivity index (χ0) is 17.3. The van der Waals surface area contributed by atoms with Crippen LogP contribution in [0.1, 0.15) is 25.3 Å². The van der Waals surface area contributed by atoms with E-state index in [0.717, 1.165) is 5.56 Å². The SMILES string of the molecule is CCCCS(=O)(=O)N(CC(=O)O)CC(=O)OCc1ccccc1. The molecule has 0 bridgehead atoms. The first-order chi connectivity index (χ1) is 10.8. The van der Waals surface area contributed by atoms with Gasteiger partial charge < -0.3 is 9.84 Å². The molecule has 0 aromatic heterocycles. The Bertz CT molecular complexity index is 614. The number of rotatable bonds is 10. The summed E-state index contributed by atoms with van der Waals surface area (Å²) in [7, 11) is -3.81. The van der Waals surface area contributed by atoms with Gasteiger partial charge in [0, 0.05) is 0 Å². The maximum Gasteiger partial charge on any atom is 0.321 e. The van der Waals surface area contributed by atoms with Gasteiger partial charge in [-0.3, -0.25) is 9.59 Å². The van der Waals surface area contributed by atoms with Crippen LogP contribution < -0.4 is 0 Å². The summed E-state index contributed by atoms with van der Waals surface area (Å²) in [5.74, 6) is -2.29. The van der Waals surface area contributed by atoms with Gasteiger partial charge in [0.15, 0.2) is 0 Å². The van der Waals surface area contributed by atoms with Gasteiger partial charge in [-0.05, 0) is 12.0 Å². The van der Waals surface area contributed by atoms with Crippen molar-refractivity contribution >= 4 is 22.0 Å². The molecule has 0 heterocycles. The van der Waals surface area contributed by atoms with Crippen LogP contribution in [-0.4, -0.2) is 48.6 Å². The predicted octanol–water partition coefficient (Wildman–Crippen LogP) is 1.25. The maximum absolute atomic E-state index is 12.1. The van der Waals surface area contributed by atoms with Crippen LogP contribution in [0.3, 0.4) is 0 Å². The average Bonchev–Trinajstić information content (AvgIpc) is 2.51. The third-order valence-corrected chi connectivity index (χ3v) is 4.86. The van der Waals surface area contributed by atoms with Gasteiger partial charge in [-0.2, -0.15) is 4.31 Å². The lowest BCUT2D eigenvalue weighted by Gasteiger charge is -2.19. The summed E-state index contributed by atoms with van der Waals surface area (Å²) < 4.78 is 29.8. The summed E-state index contributed by atoms with van der Waals surface area (Å²) in [6.07, 6.45) is 1.05. The standard InChI is InChI=1S/C15H21NO6S/c1-2-3-9-23(20,21)16(10-14(17)18)11-15(19)22-12-13-7-5-4-6-8-13/h4-8H,2-3,9-12H2,1H3,(H,17,18). The second-order valence-electron chi connectivity index (χ2n) is 4.98. The smallest absolute Gasteiger partial charge is 0.321 e. The fraction of sp³-hybridized carbons (Fsp3) is 0.467. The Morgan fingerprint density at radius 2 is 1.83 bits per heavy atom. The molecule has 1 rings (SSSR count). The quantitative estimate of drug-likeness (QED) is 0.642. The summed E-state index contributed by atoms with van der Waals surface area (Å²) in [6.45, 7) is 0.471. The van der Waals surface area contributed by atoms with Crippen LogP contribution in [0.2, 0.25) is 0 Å². The molecule has 23 heavy (non-hydrogen) atoms. The highest BCUT2D eigenvalue weighted by atomic mass is 32.2. The lowest BCUT2D eigenvalue weighted by Crippen LogP contribution is -2.41. The molecule has 8 heteroatoms. The fourth-order valence-corrected chi connectivity index (χ4v) is 3.31. The topological polar surface area (TPSA) is 101 Å². The Balaban J connectivity index is 2.65. The van der Waals surface area contributed by atoms with Crippen molar-refractivity contribution in [1.29, 1.82) is 0 Å². The number of hydrogen-bond acceptors (Lipinski definition) is 5. The molecule has 7 nitrogen and oxygen atoms in total. The second-order valence-corrected chi connectivity index (χ2v) is 7.07. The molecule has 1 N–H and O–H groups in total. The van der Waals surface area contributed by atoms with Crippen molar-refractivity contribution in [3.05, 3.63) is 35.9 Å². The molecule has 0 unspecified atom stereocenters. The fourth-order valence-electron chi connectivity index (χ4n) is 1.79. The number of aliphatic carboxylic acids is 1. The molecule has 0 aliphatic heterocycles. The van der Waals surface area contributed by atoms with Gasteiger partial charge in [0.2, 0.25) is 10.0 Å². The van der Waals surface area contributed by atoms with Gasteiger partial charge in [0.25, 0.3) is 0 Å². The van der Waals surface area contributed by atoms with E-state index in [4.69, 9.17) is 9.84 Å². The molecule has 0 radical (unpaired) electrons. The summed E-state index contributed by atoms with van der Waals surface area (Å²) >= 11 is 0. The van der Waals surface area contributed by atoms with Gasteiger partial charge in [0.05, 0.1) is 5.75 Å². The first-order valence-corrected chi connectivity index (χ1v) is 8.85. The number of carboxylic acids is 1. The highest BCUT2D eigenvalue weighted by Gasteiger charge is 2.26. The average molecular weight is 343 g/mol. The number of carbonyl (C=O) groups is 2. The molecule has 1 aromatic carbocycles. The molecule has 0 saturated carbocycles. The first-order valence-electron chi connectivity index (χ1n) is 7.24.